The Hall–Kier alpha value is -0.420. The topological polar surface area (TPSA) is 63.6 Å². The second-order valence-electron chi connectivity index (χ2n) is 3.42. The van der Waals surface area contributed by atoms with Crippen molar-refractivity contribution in [3.63, 3.8) is 0 Å². The lowest BCUT2D eigenvalue weighted by molar-refractivity contribution is -0.139. The molecule has 84 valence electrons. The first-order valence-corrected chi connectivity index (χ1v) is 5.94. The number of hydrogen-bond acceptors (Lipinski definition) is 3. The molecule has 0 aliphatic heterocycles. The van der Waals surface area contributed by atoms with Crippen LogP contribution in [0.4, 0.5) is 0 Å². The Labute approximate surface area is 87.1 Å². The van der Waals surface area contributed by atoms with Crippen molar-refractivity contribution in [2.24, 2.45) is 0 Å². The fourth-order valence-electron chi connectivity index (χ4n) is 0.789. The minimum absolute atomic E-state index is 0.374. The molecule has 1 unspecified atom stereocenters. The largest absolute Gasteiger partial charge is 0.480 e. The molecule has 0 aromatic carbocycles. The van der Waals surface area contributed by atoms with Gasteiger partial charge in [-0.25, -0.2) is 0 Å². The van der Waals surface area contributed by atoms with E-state index in [0.29, 0.717) is 25.4 Å². The molecule has 14 heavy (non-hydrogen) atoms. The van der Waals surface area contributed by atoms with Gasteiger partial charge in [-0.3, -0.25) is 9.00 Å². The summed E-state index contributed by atoms with van der Waals surface area (Å²) in [6.45, 7) is 6.02. The van der Waals surface area contributed by atoms with Gasteiger partial charge in [0, 0.05) is 29.8 Å². The summed E-state index contributed by atoms with van der Waals surface area (Å²) in [5.41, 5.74) is 0. The van der Waals surface area contributed by atoms with Gasteiger partial charge >= 0.3 is 5.97 Å². The second-order valence-corrected chi connectivity index (χ2v) is 5.54. The monoisotopic (exact) mass is 222 g/mol. The molecule has 0 saturated carbocycles. The van der Waals surface area contributed by atoms with Crippen molar-refractivity contribution in [3.05, 3.63) is 0 Å². The smallest absolute Gasteiger partial charge is 0.321 e. The van der Waals surface area contributed by atoms with E-state index in [4.69, 9.17) is 9.84 Å². The van der Waals surface area contributed by atoms with Crippen molar-refractivity contribution in [3.8, 4) is 0 Å². The van der Waals surface area contributed by atoms with E-state index in [9.17, 15) is 9.00 Å². The summed E-state index contributed by atoms with van der Waals surface area (Å²) in [4.78, 5) is 10.7. The number of aliphatic carboxylic acids is 1. The first kappa shape index (κ1) is 13.6. The molecule has 0 radical (unpaired) electrons. The third kappa shape index (κ3) is 4.19. The molecule has 0 aromatic heterocycles. The quantitative estimate of drug-likeness (QED) is 0.653. The lowest BCUT2D eigenvalue weighted by atomic mass is 10.2. The fraction of sp³-hybridized carbons (Fsp3) is 0.889. The van der Waals surface area contributed by atoms with Crippen molar-refractivity contribution in [1.29, 1.82) is 0 Å². The SMILES string of the molecule is CCOCCCS(=O)C(C)(C)C(=O)O. The summed E-state index contributed by atoms with van der Waals surface area (Å²) in [6.07, 6.45) is 0.636. The van der Waals surface area contributed by atoms with Gasteiger partial charge in [-0.05, 0) is 27.2 Å². The Morgan fingerprint density at radius 2 is 2.07 bits per heavy atom. The number of carboxylic acid groups (broad SMARTS) is 1. The predicted octanol–water partition coefficient (Wildman–Crippen LogP) is 1.02. The van der Waals surface area contributed by atoms with Crippen molar-refractivity contribution >= 4 is 16.8 Å². The molecule has 0 amide bonds. The summed E-state index contributed by atoms with van der Waals surface area (Å²) in [5, 5.41) is 8.79. The summed E-state index contributed by atoms with van der Waals surface area (Å²) >= 11 is 0. The van der Waals surface area contributed by atoms with Gasteiger partial charge in [-0.1, -0.05) is 0 Å². The number of ether oxygens (including phenoxy) is 1. The number of hydrogen-bond donors (Lipinski definition) is 1. The second kappa shape index (κ2) is 6.14. The van der Waals surface area contributed by atoms with Gasteiger partial charge in [0.1, 0.15) is 4.75 Å². The summed E-state index contributed by atoms with van der Waals surface area (Å²) in [7, 11) is -1.34. The van der Waals surface area contributed by atoms with Gasteiger partial charge in [0.05, 0.1) is 0 Å². The van der Waals surface area contributed by atoms with Crippen molar-refractivity contribution in [2.45, 2.75) is 31.9 Å². The fourth-order valence-corrected chi connectivity index (χ4v) is 1.87. The summed E-state index contributed by atoms with van der Waals surface area (Å²) in [6, 6.07) is 0. The van der Waals surface area contributed by atoms with Crippen LogP contribution < -0.4 is 0 Å². The third-order valence-corrected chi connectivity index (χ3v) is 3.88. The Morgan fingerprint density at radius 1 is 1.50 bits per heavy atom. The van der Waals surface area contributed by atoms with E-state index in [-0.39, 0.29) is 0 Å². The highest BCUT2D eigenvalue weighted by atomic mass is 32.2. The average molecular weight is 222 g/mol. The zero-order valence-corrected chi connectivity index (χ0v) is 9.73. The maximum absolute atomic E-state index is 11.5. The van der Waals surface area contributed by atoms with Crippen LogP contribution in [0.15, 0.2) is 0 Å². The van der Waals surface area contributed by atoms with Crippen LogP contribution >= 0.6 is 0 Å². The average Bonchev–Trinajstić information content (AvgIpc) is 2.11. The lowest BCUT2D eigenvalue weighted by Crippen LogP contribution is -2.37. The predicted molar refractivity (Wildman–Crippen MR) is 55.8 cm³/mol. The van der Waals surface area contributed by atoms with Gasteiger partial charge in [-0.2, -0.15) is 0 Å². The van der Waals surface area contributed by atoms with Crippen LogP contribution in [0.25, 0.3) is 0 Å². The first-order chi connectivity index (χ1) is 6.42. The normalized spacial score (nSPS) is 13.9. The van der Waals surface area contributed by atoms with Crippen LogP contribution in [0.5, 0.6) is 0 Å². The van der Waals surface area contributed by atoms with E-state index >= 15 is 0 Å². The minimum Gasteiger partial charge on any atom is -0.480 e. The van der Waals surface area contributed by atoms with Crippen LogP contribution in [0.3, 0.4) is 0 Å². The van der Waals surface area contributed by atoms with Crippen LogP contribution in [0, 0.1) is 0 Å². The number of carboxylic acids is 1. The first-order valence-electron chi connectivity index (χ1n) is 4.62. The Kier molecular flexibility index (Phi) is 5.95. The molecule has 5 heteroatoms. The van der Waals surface area contributed by atoms with E-state index in [1.165, 1.54) is 13.8 Å². The molecule has 4 nitrogen and oxygen atoms in total. The van der Waals surface area contributed by atoms with Crippen molar-refractivity contribution in [1.82, 2.24) is 0 Å². The third-order valence-electron chi connectivity index (χ3n) is 1.91. The zero-order valence-electron chi connectivity index (χ0n) is 8.91. The van der Waals surface area contributed by atoms with E-state index < -0.39 is 21.5 Å². The molecule has 0 aliphatic rings. The maximum atomic E-state index is 11.5. The molecule has 1 atom stereocenters. The molecule has 0 bridgehead atoms. The van der Waals surface area contributed by atoms with E-state index in [2.05, 4.69) is 0 Å². The molecule has 0 fully saturated rings. The molecular weight excluding hydrogens is 204 g/mol. The Bertz CT molecular complexity index is 213. The molecular formula is C9H18O4S. The van der Waals surface area contributed by atoms with Gasteiger partial charge < -0.3 is 9.84 Å². The highest BCUT2D eigenvalue weighted by molar-refractivity contribution is 7.87. The molecule has 0 spiro atoms. The zero-order chi connectivity index (χ0) is 11.2. The Morgan fingerprint density at radius 3 is 2.50 bits per heavy atom. The summed E-state index contributed by atoms with van der Waals surface area (Å²) in [5.74, 6) is -0.647. The molecule has 0 aromatic rings. The molecule has 0 heterocycles. The molecule has 0 aliphatic carbocycles. The minimum atomic E-state index is -1.34. The number of carbonyl (C=O) groups is 1. The molecule has 0 saturated heterocycles. The standard InChI is InChI=1S/C9H18O4S/c1-4-13-6-5-7-14(12)9(2,3)8(10)11/h4-7H2,1-3H3,(H,10,11). The molecule has 0 rings (SSSR count). The lowest BCUT2D eigenvalue weighted by Gasteiger charge is -2.18. The van der Waals surface area contributed by atoms with Gasteiger partial charge in [0.2, 0.25) is 0 Å². The van der Waals surface area contributed by atoms with Crippen LogP contribution in [0.2, 0.25) is 0 Å². The van der Waals surface area contributed by atoms with Crippen LogP contribution in [-0.2, 0) is 20.3 Å². The van der Waals surface area contributed by atoms with Crippen molar-refractivity contribution in [2.75, 3.05) is 19.0 Å². The Balaban J connectivity index is 3.90. The highest BCUT2D eigenvalue weighted by Crippen LogP contribution is 2.13. The highest BCUT2D eigenvalue weighted by Gasteiger charge is 2.33. The number of rotatable bonds is 7. The van der Waals surface area contributed by atoms with Crippen LogP contribution in [0.1, 0.15) is 27.2 Å². The van der Waals surface area contributed by atoms with E-state index in [0.717, 1.165) is 0 Å². The van der Waals surface area contributed by atoms with E-state index in [1.54, 1.807) is 0 Å². The van der Waals surface area contributed by atoms with Crippen LogP contribution in [-0.4, -0.2) is 39.0 Å². The molecule has 1 N–H and O–H groups in total. The van der Waals surface area contributed by atoms with Gasteiger partial charge in [0.25, 0.3) is 0 Å². The van der Waals surface area contributed by atoms with Gasteiger partial charge in [-0.15, -0.1) is 0 Å². The van der Waals surface area contributed by atoms with Gasteiger partial charge in [0.15, 0.2) is 0 Å². The summed E-state index contributed by atoms with van der Waals surface area (Å²) < 4.78 is 15.5. The maximum Gasteiger partial charge on any atom is 0.321 e. The van der Waals surface area contributed by atoms with Crippen molar-refractivity contribution < 1.29 is 18.8 Å². The van der Waals surface area contributed by atoms with E-state index in [1.807, 2.05) is 6.92 Å².